The van der Waals surface area contributed by atoms with Gasteiger partial charge in [0.2, 0.25) is 0 Å². The molecule has 0 bridgehead atoms. The lowest BCUT2D eigenvalue weighted by Crippen LogP contribution is -1.66. The molecule has 1 aromatic carbocycles. The van der Waals surface area contributed by atoms with Gasteiger partial charge in [-0.15, -0.1) is 0 Å². The Kier molecular flexibility index (Phi) is 1.45. The van der Waals surface area contributed by atoms with Crippen LogP contribution in [0.15, 0.2) is 24.3 Å². The molecule has 0 spiro atoms. The van der Waals surface area contributed by atoms with Gasteiger partial charge >= 0.3 is 0 Å². The van der Waals surface area contributed by atoms with Gasteiger partial charge in [0.15, 0.2) is 0 Å². The molecule has 0 N–H and O–H groups in total. The Balaban J connectivity index is 3.03. The summed E-state index contributed by atoms with van der Waals surface area (Å²) in [6.45, 7) is 3.70. The SMILES string of the molecule is [CH2+]c1ccc(Cl)cc1. The van der Waals surface area contributed by atoms with E-state index in [4.69, 9.17) is 11.6 Å². The molecule has 1 rings (SSSR count). The summed E-state index contributed by atoms with van der Waals surface area (Å²) in [4.78, 5) is 0. The number of hydrogen-bond donors (Lipinski definition) is 0. The zero-order valence-electron chi connectivity index (χ0n) is 4.39. The molecule has 0 radical (unpaired) electrons. The van der Waals surface area contributed by atoms with Crippen LogP contribution in [0.2, 0.25) is 5.02 Å². The molecule has 0 aliphatic rings. The second kappa shape index (κ2) is 2.10. The lowest BCUT2D eigenvalue weighted by atomic mass is 10.2. The largest absolute Gasteiger partial charge is 0.126 e. The number of rotatable bonds is 0. The van der Waals surface area contributed by atoms with E-state index in [9.17, 15) is 0 Å². The number of halogens is 1. The van der Waals surface area contributed by atoms with E-state index in [1.807, 2.05) is 24.3 Å². The minimum atomic E-state index is 0.761. The highest BCUT2D eigenvalue weighted by Gasteiger charge is 1.90. The average Bonchev–Trinajstić information content (AvgIpc) is 1.77. The van der Waals surface area contributed by atoms with Crippen molar-refractivity contribution in [2.45, 2.75) is 0 Å². The highest BCUT2D eigenvalue weighted by molar-refractivity contribution is 6.30. The molecule has 0 nitrogen and oxygen atoms in total. The Morgan fingerprint density at radius 2 is 1.62 bits per heavy atom. The van der Waals surface area contributed by atoms with Gasteiger partial charge in [-0.05, 0) is 0 Å². The fraction of sp³-hybridized carbons (Fsp3) is 0. The molecule has 0 heterocycles. The van der Waals surface area contributed by atoms with E-state index in [1.54, 1.807) is 0 Å². The maximum atomic E-state index is 5.58. The molecule has 40 valence electrons. The standard InChI is InChI=1S/C7H6Cl/c1-6-2-4-7(8)5-3-6/h2-5H,1H2/q+1. The molecule has 1 aromatic rings. The van der Waals surface area contributed by atoms with Gasteiger partial charge in [0.05, 0.1) is 5.02 Å². The second-order valence-electron chi connectivity index (χ2n) is 1.63. The van der Waals surface area contributed by atoms with Gasteiger partial charge in [0.1, 0.15) is 5.56 Å². The van der Waals surface area contributed by atoms with Gasteiger partial charge < -0.3 is 0 Å². The van der Waals surface area contributed by atoms with Crippen LogP contribution in [-0.4, -0.2) is 0 Å². The first-order valence-electron chi connectivity index (χ1n) is 2.36. The van der Waals surface area contributed by atoms with E-state index in [1.165, 1.54) is 0 Å². The molecule has 0 fully saturated rings. The van der Waals surface area contributed by atoms with Crippen molar-refractivity contribution in [3.8, 4) is 0 Å². The summed E-state index contributed by atoms with van der Waals surface area (Å²) < 4.78 is 0. The van der Waals surface area contributed by atoms with Crippen LogP contribution in [-0.2, 0) is 0 Å². The Bertz CT molecular complexity index is 143. The second-order valence-corrected chi connectivity index (χ2v) is 2.06. The van der Waals surface area contributed by atoms with Crippen molar-refractivity contribution < 1.29 is 0 Å². The van der Waals surface area contributed by atoms with E-state index in [2.05, 4.69) is 6.92 Å². The summed E-state index contributed by atoms with van der Waals surface area (Å²) in [6.07, 6.45) is 0. The summed E-state index contributed by atoms with van der Waals surface area (Å²) in [5.74, 6) is 0. The Labute approximate surface area is 54.1 Å². The third kappa shape index (κ3) is 1.17. The summed E-state index contributed by atoms with van der Waals surface area (Å²) >= 11 is 5.58. The Hall–Kier alpha value is -0.620. The molecule has 0 aliphatic carbocycles. The van der Waals surface area contributed by atoms with E-state index in [-0.39, 0.29) is 0 Å². The summed E-state index contributed by atoms with van der Waals surface area (Å²) in [5.41, 5.74) is 0.995. The normalized spacial score (nSPS) is 9.12. The first kappa shape index (κ1) is 5.52. The maximum Gasteiger partial charge on any atom is 0.126 e. The van der Waals surface area contributed by atoms with Crippen LogP contribution in [0, 0.1) is 6.92 Å². The van der Waals surface area contributed by atoms with Gasteiger partial charge in [-0.2, -0.15) is 0 Å². The van der Waals surface area contributed by atoms with Crippen LogP contribution < -0.4 is 0 Å². The van der Waals surface area contributed by atoms with Crippen molar-refractivity contribution in [3.63, 3.8) is 0 Å². The predicted molar refractivity (Wildman–Crippen MR) is 35.9 cm³/mol. The Morgan fingerprint density at radius 3 is 2.00 bits per heavy atom. The number of hydrogen-bond acceptors (Lipinski definition) is 0. The minimum Gasteiger partial charge on any atom is -0.0818 e. The van der Waals surface area contributed by atoms with Crippen LogP contribution in [0.1, 0.15) is 5.56 Å². The molecule has 0 amide bonds. The van der Waals surface area contributed by atoms with E-state index >= 15 is 0 Å². The van der Waals surface area contributed by atoms with E-state index in [0.29, 0.717) is 0 Å². The van der Waals surface area contributed by atoms with Gasteiger partial charge in [-0.1, -0.05) is 11.6 Å². The van der Waals surface area contributed by atoms with Crippen LogP contribution in [0.4, 0.5) is 0 Å². The van der Waals surface area contributed by atoms with Crippen molar-refractivity contribution in [1.82, 2.24) is 0 Å². The molecule has 0 unspecified atom stereocenters. The molecule has 1 heteroatoms. The van der Waals surface area contributed by atoms with Crippen LogP contribution in [0.25, 0.3) is 0 Å². The zero-order chi connectivity index (χ0) is 5.98. The van der Waals surface area contributed by atoms with E-state index in [0.717, 1.165) is 10.6 Å². The smallest absolute Gasteiger partial charge is 0.0818 e. The molecular weight excluding hydrogens is 120 g/mol. The van der Waals surface area contributed by atoms with Crippen LogP contribution in [0.3, 0.4) is 0 Å². The average molecular weight is 126 g/mol. The fourth-order valence-electron chi connectivity index (χ4n) is 0.484. The first-order chi connectivity index (χ1) is 3.79. The highest BCUT2D eigenvalue weighted by Crippen LogP contribution is 2.07. The zero-order valence-corrected chi connectivity index (χ0v) is 5.15. The third-order valence-electron chi connectivity index (χ3n) is 0.913. The van der Waals surface area contributed by atoms with Crippen molar-refractivity contribution in [3.05, 3.63) is 41.8 Å². The topological polar surface area (TPSA) is 0 Å². The molecule has 8 heavy (non-hydrogen) atoms. The molecule has 0 atom stereocenters. The molecule has 0 saturated carbocycles. The van der Waals surface area contributed by atoms with E-state index < -0.39 is 0 Å². The quantitative estimate of drug-likeness (QED) is 0.468. The molecule has 0 saturated heterocycles. The molecule has 0 aliphatic heterocycles. The predicted octanol–water partition coefficient (Wildman–Crippen LogP) is 2.52. The lowest BCUT2D eigenvalue weighted by Gasteiger charge is -1.79. The fourth-order valence-corrected chi connectivity index (χ4v) is 0.610. The summed E-state index contributed by atoms with van der Waals surface area (Å²) in [7, 11) is 0. The van der Waals surface area contributed by atoms with Gasteiger partial charge in [-0.25, -0.2) is 0 Å². The minimum absolute atomic E-state index is 0.761. The van der Waals surface area contributed by atoms with Gasteiger partial charge in [0, 0.05) is 31.2 Å². The first-order valence-corrected chi connectivity index (χ1v) is 2.74. The van der Waals surface area contributed by atoms with Gasteiger partial charge in [0.25, 0.3) is 0 Å². The maximum absolute atomic E-state index is 5.58. The number of benzene rings is 1. The lowest BCUT2D eigenvalue weighted by molar-refractivity contribution is 1.61. The van der Waals surface area contributed by atoms with Crippen molar-refractivity contribution in [1.29, 1.82) is 0 Å². The van der Waals surface area contributed by atoms with Gasteiger partial charge in [-0.3, -0.25) is 0 Å². The summed E-state index contributed by atoms with van der Waals surface area (Å²) in [6, 6.07) is 7.40. The third-order valence-corrected chi connectivity index (χ3v) is 1.17. The van der Waals surface area contributed by atoms with Crippen LogP contribution >= 0.6 is 11.6 Å². The van der Waals surface area contributed by atoms with Crippen molar-refractivity contribution in [2.24, 2.45) is 0 Å². The molecule has 0 aromatic heterocycles. The van der Waals surface area contributed by atoms with Crippen LogP contribution in [0.5, 0.6) is 0 Å². The van der Waals surface area contributed by atoms with Crippen molar-refractivity contribution >= 4 is 11.6 Å². The molecular formula is C7H6Cl+. The monoisotopic (exact) mass is 125 g/mol. The Morgan fingerprint density at radius 1 is 1.12 bits per heavy atom. The summed E-state index contributed by atoms with van der Waals surface area (Å²) in [5, 5.41) is 0.761. The highest BCUT2D eigenvalue weighted by atomic mass is 35.5. The van der Waals surface area contributed by atoms with Crippen molar-refractivity contribution in [2.75, 3.05) is 0 Å².